The maximum atomic E-state index is 5.25. The van der Waals surface area contributed by atoms with Gasteiger partial charge in [0.05, 0.1) is 16.9 Å². The molecule has 1 fully saturated rings. The second-order valence-corrected chi connectivity index (χ2v) is 4.79. The van der Waals surface area contributed by atoms with Gasteiger partial charge >= 0.3 is 0 Å². The van der Waals surface area contributed by atoms with Crippen molar-refractivity contribution in [3.63, 3.8) is 0 Å². The van der Waals surface area contributed by atoms with Crippen molar-refractivity contribution < 1.29 is 4.52 Å². The number of thiazole rings is 1. The first-order chi connectivity index (χ1) is 8.42. The highest BCUT2D eigenvalue weighted by Gasteiger charge is 2.15. The Kier molecular flexibility index (Phi) is 3.12. The smallest absolute Gasteiger partial charge is 0.241 e. The maximum Gasteiger partial charge on any atom is 0.241 e. The minimum Gasteiger partial charge on any atom is -0.338 e. The molecule has 3 heterocycles. The molecule has 0 spiro atoms. The Bertz CT molecular complexity index is 463. The fourth-order valence-corrected chi connectivity index (χ4v) is 2.35. The van der Waals surface area contributed by atoms with Crippen LogP contribution in [-0.2, 0) is 6.54 Å². The SMILES string of the molecule is c1ncc(-c2noc(CN3CCNCC3)n2)s1. The van der Waals surface area contributed by atoms with Gasteiger partial charge in [0.25, 0.3) is 0 Å². The summed E-state index contributed by atoms with van der Waals surface area (Å²) in [5, 5.41) is 7.28. The first-order valence-corrected chi connectivity index (χ1v) is 6.44. The van der Waals surface area contributed by atoms with E-state index in [1.54, 1.807) is 11.7 Å². The van der Waals surface area contributed by atoms with Crippen LogP contribution in [-0.4, -0.2) is 46.2 Å². The lowest BCUT2D eigenvalue weighted by atomic mass is 10.3. The quantitative estimate of drug-likeness (QED) is 0.861. The van der Waals surface area contributed by atoms with Gasteiger partial charge in [-0.15, -0.1) is 11.3 Å². The summed E-state index contributed by atoms with van der Waals surface area (Å²) in [4.78, 5) is 11.6. The third kappa shape index (κ3) is 2.51. The van der Waals surface area contributed by atoms with Crippen LogP contribution in [0, 0.1) is 0 Å². The monoisotopic (exact) mass is 251 g/mol. The highest BCUT2D eigenvalue weighted by Crippen LogP contribution is 2.19. The van der Waals surface area contributed by atoms with Crippen LogP contribution in [0.5, 0.6) is 0 Å². The molecule has 0 bridgehead atoms. The molecule has 90 valence electrons. The van der Waals surface area contributed by atoms with Gasteiger partial charge in [-0.25, -0.2) is 0 Å². The minimum absolute atomic E-state index is 0.637. The van der Waals surface area contributed by atoms with Crippen molar-refractivity contribution in [1.82, 2.24) is 25.3 Å². The summed E-state index contributed by atoms with van der Waals surface area (Å²) in [7, 11) is 0. The minimum atomic E-state index is 0.637. The fraction of sp³-hybridized carbons (Fsp3) is 0.500. The Hall–Kier alpha value is -1.31. The highest BCUT2D eigenvalue weighted by atomic mass is 32.1. The Labute approximate surface area is 103 Å². The lowest BCUT2D eigenvalue weighted by Crippen LogP contribution is -2.42. The molecule has 7 heteroatoms. The van der Waals surface area contributed by atoms with Crippen LogP contribution < -0.4 is 5.32 Å². The summed E-state index contributed by atoms with van der Waals surface area (Å²) in [6, 6.07) is 0. The molecule has 0 unspecified atom stereocenters. The summed E-state index contributed by atoms with van der Waals surface area (Å²) in [5.74, 6) is 1.31. The Morgan fingerprint density at radius 3 is 3.06 bits per heavy atom. The number of rotatable bonds is 3. The van der Waals surface area contributed by atoms with Crippen LogP contribution in [0.15, 0.2) is 16.2 Å². The molecule has 1 saturated heterocycles. The van der Waals surface area contributed by atoms with Crippen molar-refractivity contribution in [3.05, 3.63) is 17.6 Å². The Morgan fingerprint density at radius 1 is 1.41 bits per heavy atom. The van der Waals surface area contributed by atoms with Gasteiger partial charge in [0.15, 0.2) is 0 Å². The zero-order valence-corrected chi connectivity index (χ0v) is 10.1. The molecule has 1 aliphatic heterocycles. The predicted molar refractivity (Wildman–Crippen MR) is 63.6 cm³/mol. The van der Waals surface area contributed by atoms with E-state index in [1.165, 1.54) is 11.3 Å². The van der Waals surface area contributed by atoms with Gasteiger partial charge in [-0.2, -0.15) is 4.98 Å². The Balaban J connectivity index is 1.68. The van der Waals surface area contributed by atoms with Crippen LogP contribution in [0.25, 0.3) is 10.7 Å². The second-order valence-electron chi connectivity index (χ2n) is 3.90. The van der Waals surface area contributed by atoms with E-state index in [0.717, 1.165) is 37.6 Å². The topological polar surface area (TPSA) is 67.1 Å². The van der Waals surface area contributed by atoms with E-state index in [2.05, 4.69) is 25.3 Å². The highest BCUT2D eigenvalue weighted by molar-refractivity contribution is 7.13. The van der Waals surface area contributed by atoms with E-state index in [1.807, 2.05) is 0 Å². The van der Waals surface area contributed by atoms with Crippen molar-refractivity contribution in [2.75, 3.05) is 26.2 Å². The first-order valence-electron chi connectivity index (χ1n) is 5.56. The van der Waals surface area contributed by atoms with Crippen molar-refractivity contribution in [2.24, 2.45) is 0 Å². The third-order valence-corrected chi connectivity index (χ3v) is 3.46. The molecular formula is C10H13N5OS. The molecular weight excluding hydrogens is 238 g/mol. The van der Waals surface area contributed by atoms with Gasteiger partial charge in [-0.1, -0.05) is 5.16 Å². The molecule has 0 aromatic carbocycles. The summed E-state index contributed by atoms with van der Waals surface area (Å²) in [6.45, 7) is 4.83. The van der Waals surface area contributed by atoms with Crippen molar-refractivity contribution in [1.29, 1.82) is 0 Å². The van der Waals surface area contributed by atoms with Gasteiger partial charge in [0, 0.05) is 32.4 Å². The second kappa shape index (κ2) is 4.91. The molecule has 0 radical (unpaired) electrons. The summed E-state index contributed by atoms with van der Waals surface area (Å²) < 4.78 is 5.25. The standard InChI is InChI=1S/C10H13N5OS/c1-3-15(4-2-11-1)6-9-13-10(14-16-9)8-5-12-7-17-8/h5,7,11H,1-4,6H2. The van der Waals surface area contributed by atoms with Crippen molar-refractivity contribution in [2.45, 2.75) is 6.54 Å². The first kappa shape index (κ1) is 10.8. The van der Waals surface area contributed by atoms with Crippen LogP contribution in [0.1, 0.15) is 5.89 Å². The van der Waals surface area contributed by atoms with Crippen LogP contribution in [0.2, 0.25) is 0 Å². The van der Waals surface area contributed by atoms with Gasteiger partial charge in [-0.3, -0.25) is 9.88 Å². The molecule has 1 aliphatic rings. The van der Waals surface area contributed by atoms with E-state index in [9.17, 15) is 0 Å². The van der Waals surface area contributed by atoms with E-state index in [4.69, 9.17) is 4.52 Å². The molecule has 6 nitrogen and oxygen atoms in total. The van der Waals surface area contributed by atoms with Crippen molar-refractivity contribution >= 4 is 11.3 Å². The zero-order valence-electron chi connectivity index (χ0n) is 9.30. The van der Waals surface area contributed by atoms with Gasteiger partial charge < -0.3 is 9.84 Å². The Morgan fingerprint density at radius 2 is 2.29 bits per heavy atom. The largest absolute Gasteiger partial charge is 0.338 e. The third-order valence-electron chi connectivity index (χ3n) is 2.69. The average molecular weight is 251 g/mol. The number of hydrogen-bond acceptors (Lipinski definition) is 7. The van der Waals surface area contributed by atoms with E-state index >= 15 is 0 Å². The predicted octanol–water partition coefficient (Wildman–Crippen LogP) is 0.598. The molecule has 0 aliphatic carbocycles. The number of aromatic nitrogens is 3. The van der Waals surface area contributed by atoms with Crippen LogP contribution >= 0.6 is 11.3 Å². The number of nitrogens with zero attached hydrogens (tertiary/aromatic N) is 4. The van der Waals surface area contributed by atoms with Gasteiger partial charge in [-0.05, 0) is 0 Å². The molecule has 0 saturated carbocycles. The fourth-order valence-electron chi connectivity index (χ4n) is 1.81. The number of hydrogen-bond donors (Lipinski definition) is 1. The number of piperazine rings is 1. The summed E-state index contributed by atoms with van der Waals surface area (Å²) in [5.41, 5.74) is 1.77. The van der Waals surface area contributed by atoms with Gasteiger partial charge in [0.2, 0.25) is 11.7 Å². The molecule has 2 aromatic rings. The van der Waals surface area contributed by atoms with Crippen LogP contribution in [0.4, 0.5) is 0 Å². The lowest BCUT2D eigenvalue weighted by Gasteiger charge is -2.25. The van der Waals surface area contributed by atoms with E-state index < -0.39 is 0 Å². The zero-order chi connectivity index (χ0) is 11.5. The average Bonchev–Trinajstić information content (AvgIpc) is 3.00. The van der Waals surface area contributed by atoms with Gasteiger partial charge in [0.1, 0.15) is 0 Å². The molecule has 1 N–H and O–H groups in total. The molecule has 0 amide bonds. The number of nitrogens with one attached hydrogen (secondary N) is 1. The normalized spacial score (nSPS) is 17.4. The summed E-state index contributed by atoms with van der Waals surface area (Å²) >= 11 is 1.52. The lowest BCUT2D eigenvalue weighted by molar-refractivity contribution is 0.203. The van der Waals surface area contributed by atoms with Crippen molar-refractivity contribution in [3.8, 4) is 10.7 Å². The van der Waals surface area contributed by atoms with E-state index in [-0.39, 0.29) is 0 Å². The van der Waals surface area contributed by atoms with E-state index in [0.29, 0.717) is 11.7 Å². The molecule has 17 heavy (non-hydrogen) atoms. The maximum absolute atomic E-state index is 5.25. The molecule has 3 rings (SSSR count). The molecule has 0 atom stereocenters. The van der Waals surface area contributed by atoms with Crippen LogP contribution in [0.3, 0.4) is 0 Å². The molecule has 2 aromatic heterocycles. The summed E-state index contributed by atoms with van der Waals surface area (Å²) in [6.07, 6.45) is 1.75.